The molecule has 0 bridgehead atoms. The molecule has 2 heterocycles. The Morgan fingerprint density at radius 3 is 2.65 bits per heavy atom. The van der Waals surface area contributed by atoms with Crippen LogP contribution in [-0.4, -0.2) is 49.2 Å². The van der Waals surface area contributed by atoms with Crippen molar-refractivity contribution >= 4 is 21.7 Å². The van der Waals surface area contributed by atoms with E-state index in [0.717, 1.165) is 5.56 Å². The summed E-state index contributed by atoms with van der Waals surface area (Å²) in [6, 6.07) is 9.31. The molecule has 3 rings (SSSR count). The highest BCUT2D eigenvalue weighted by Gasteiger charge is 2.41. The predicted octanol–water partition coefficient (Wildman–Crippen LogP) is 0.338. The van der Waals surface area contributed by atoms with E-state index in [1.165, 1.54) is 0 Å². The standard InChI is InChI=1S/C16H20N2O4S/c19-15-8-13(10-18(15)14-6-7-23(21,22)11-14)16(20)17-9-12-4-2-1-3-5-12/h1-5,13-14H,6-11H2,(H,17,20)/t13-,14-/m1/s1. The molecule has 0 aromatic heterocycles. The average molecular weight is 336 g/mol. The van der Waals surface area contributed by atoms with Crippen LogP contribution in [0.2, 0.25) is 0 Å². The number of hydrogen-bond donors (Lipinski definition) is 1. The molecule has 2 fully saturated rings. The molecule has 124 valence electrons. The molecule has 23 heavy (non-hydrogen) atoms. The summed E-state index contributed by atoms with van der Waals surface area (Å²) in [6.07, 6.45) is 0.642. The van der Waals surface area contributed by atoms with Gasteiger partial charge in [0.25, 0.3) is 0 Å². The van der Waals surface area contributed by atoms with Crippen molar-refractivity contribution in [2.75, 3.05) is 18.1 Å². The quantitative estimate of drug-likeness (QED) is 0.859. The second kappa shape index (κ2) is 6.31. The largest absolute Gasteiger partial charge is 0.352 e. The summed E-state index contributed by atoms with van der Waals surface area (Å²) < 4.78 is 23.1. The van der Waals surface area contributed by atoms with Crippen molar-refractivity contribution in [2.45, 2.75) is 25.4 Å². The van der Waals surface area contributed by atoms with Gasteiger partial charge in [-0.15, -0.1) is 0 Å². The molecule has 2 atom stereocenters. The monoisotopic (exact) mass is 336 g/mol. The second-order valence-corrected chi connectivity index (χ2v) is 8.44. The zero-order chi connectivity index (χ0) is 16.4. The number of nitrogens with zero attached hydrogens (tertiary/aromatic N) is 1. The molecule has 2 saturated heterocycles. The second-order valence-electron chi connectivity index (χ2n) is 6.21. The van der Waals surface area contributed by atoms with Gasteiger partial charge in [0.1, 0.15) is 0 Å². The number of carbonyl (C=O) groups excluding carboxylic acids is 2. The highest BCUT2D eigenvalue weighted by molar-refractivity contribution is 7.91. The van der Waals surface area contributed by atoms with Crippen LogP contribution in [0.1, 0.15) is 18.4 Å². The SMILES string of the molecule is O=C(NCc1ccccc1)[C@@H]1CC(=O)N([C@@H]2CCS(=O)(=O)C2)C1. The minimum absolute atomic E-state index is 0.0249. The van der Waals surface area contributed by atoms with Gasteiger partial charge in [-0.3, -0.25) is 9.59 Å². The Morgan fingerprint density at radius 2 is 2.00 bits per heavy atom. The Hall–Kier alpha value is -1.89. The molecule has 7 heteroatoms. The Balaban J connectivity index is 1.56. The maximum Gasteiger partial charge on any atom is 0.225 e. The Morgan fingerprint density at radius 1 is 1.26 bits per heavy atom. The van der Waals surface area contributed by atoms with Gasteiger partial charge in [0.05, 0.1) is 17.4 Å². The number of nitrogens with one attached hydrogen (secondary N) is 1. The first kappa shape index (κ1) is 16.0. The third-order valence-electron chi connectivity index (χ3n) is 4.49. The number of carbonyl (C=O) groups is 2. The molecule has 2 aliphatic rings. The van der Waals surface area contributed by atoms with Crippen LogP contribution in [0.5, 0.6) is 0 Å². The van der Waals surface area contributed by atoms with Crippen LogP contribution >= 0.6 is 0 Å². The van der Waals surface area contributed by atoms with Crippen LogP contribution < -0.4 is 5.32 Å². The molecule has 0 saturated carbocycles. The number of sulfone groups is 1. The first-order valence-corrected chi connectivity index (χ1v) is 9.58. The van der Waals surface area contributed by atoms with Crippen molar-refractivity contribution in [3.63, 3.8) is 0 Å². The Bertz CT molecular complexity index is 702. The van der Waals surface area contributed by atoms with Gasteiger partial charge in [-0.2, -0.15) is 0 Å². The van der Waals surface area contributed by atoms with Gasteiger partial charge < -0.3 is 10.2 Å². The molecule has 0 radical (unpaired) electrons. The number of likely N-dealkylation sites (tertiary alicyclic amines) is 1. The molecule has 2 amide bonds. The molecule has 1 aromatic carbocycles. The van der Waals surface area contributed by atoms with Gasteiger partial charge in [0.2, 0.25) is 11.8 Å². The van der Waals surface area contributed by atoms with Gasteiger partial charge in [-0.1, -0.05) is 30.3 Å². The van der Waals surface area contributed by atoms with E-state index in [1.54, 1.807) is 4.90 Å². The first-order valence-electron chi connectivity index (χ1n) is 7.76. The summed E-state index contributed by atoms with van der Waals surface area (Å²) in [5.41, 5.74) is 1.00. The Labute approximate surface area is 135 Å². The van der Waals surface area contributed by atoms with Crippen molar-refractivity contribution < 1.29 is 18.0 Å². The number of hydrogen-bond acceptors (Lipinski definition) is 4. The van der Waals surface area contributed by atoms with Gasteiger partial charge in [0.15, 0.2) is 9.84 Å². The summed E-state index contributed by atoms with van der Waals surface area (Å²) in [5, 5.41) is 2.85. The van der Waals surface area contributed by atoms with Crippen LogP contribution in [0.15, 0.2) is 30.3 Å². The van der Waals surface area contributed by atoms with Crippen LogP contribution in [0.4, 0.5) is 0 Å². The van der Waals surface area contributed by atoms with Crippen molar-refractivity contribution in [1.29, 1.82) is 0 Å². The molecule has 0 aliphatic carbocycles. The smallest absolute Gasteiger partial charge is 0.225 e. The molecule has 1 aromatic rings. The van der Waals surface area contributed by atoms with Crippen LogP contribution in [0.3, 0.4) is 0 Å². The maximum atomic E-state index is 12.2. The summed E-state index contributed by atoms with van der Waals surface area (Å²) in [6.45, 7) is 0.752. The molecule has 0 spiro atoms. The van der Waals surface area contributed by atoms with E-state index in [1.807, 2.05) is 30.3 Å². The topological polar surface area (TPSA) is 83.6 Å². The molecule has 2 aliphatic heterocycles. The van der Waals surface area contributed by atoms with E-state index in [-0.39, 0.29) is 35.8 Å². The van der Waals surface area contributed by atoms with Crippen molar-refractivity contribution in [3.8, 4) is 0 Å². The third-order valence-corrected chi connectivity index (χ3v) is 6.24. The average Bonchev–Trinajstić information content (AvgIpc) is 3.08. The van der Waals surface area contributed by atoms with E-state index in [0.29, 0.717) is 19.5 Å². The third kappa shape index (κ3) is 3.72. The number of amides is 2. The van der Waals surface area contributed by atoms with Crippen LogP contribution in [0.25, 0.3) is 0 Å². The predicted molar refractivity (Wildman–Crippen MR) is 85.2 cm³/mol. The van der Waals surface area contributed by atoms with E-state index >= 15 is 0 Å². The zero-order valence-electron chi connectivity index (χ0n) is 12.8. The number of rotatable bonds is 4. The minimum atomic E-state index is -3.03. The normalized spacial score (nSPS) is 26.4. The zero-order valence-corrected chi connectivity index (χ0v) is 13.6. The molecular formula is C16H20N2O4S. The van der Waals surface area contributed by atoms with Crippen molar-refractivity contribution in [3.05, 3.63) is 35.9 Å². The van der Waals surface area contributed by atoms with Gasteiger partial charge >= 0.3 is 0 Å². The van der Waals surface area contributed by atoms with Crippen LogP contribution in [-0.2, 0) is 26.0 Å². The number of benzene rings is 1. The summed E-state index contributed by atoms with van der Waals surface area (Å²) >= 11 is 0. The molecular weight excluding hydrogens is 316 g/mol. The summed E-state index contributed by atoms with van der Waals surface area (Å²) in [7, 11) is -3.03. The fourth-order valence-corrected chi connectivity index (χ4v) is 4.94. The van der Waals surface area contributed by atoms with E-state index in [9.17, 15) is 18.0 Å². The minimum Gasteiger partial charge on any atom is -0.352 e. The highest BCUT2D eigenvalue weighted by Crippen LogP contribution is 2.26. The van der Waals surface area contributed by atoms with E-state index in [4.69, 9.17) is 0 Å². The first-order chi connectivity index (χ1) is 10.9. The molecule has 0 unspecified atom stereocenters. The summed E-state index contributed by atoms with van der Waals surface area (Å²) in [4.78, 5) is 25.9. The lowest BCUT2D eigenvalue weighted by Gasteiger charge is -2.22. The van der Waals surface area contributed by atoms with Gasteiger partial charge in [0, 0.05) is 25.6 Å². The van der Waals surface area contributed by atoms with Crippen molar-refractivity contribution in [1.82, 2.24) is 10.2 Å². The maximum absolute atomic E-state index is 12.2. The highest BCUT2D eigenvalue weighted by atomic mass is 32.2. The lowest BCUT2D eigenvalue weighted by Crippen LogP contribution is -2.39. The van der Waals surface area contributed by atoms with Gasteiger partial charge in [-0.25, -0.2) is 8.42 Å². The fourth-order valence-electron chi connectivity index (χ4n) is 3.21. The fraction of sp³-hybridized carbons (Fsp3) is 0.500. The molecule has 6 nitrogen and oxygen atoms in total. The van der Waals surface area contributed by atoms with Crippen molar-refractivity contribution in [2.24, 2.45) is 5.92 Å². The lowest BCUT2D eigenvalue weighted by molar-refractivity contribution is -0.130. The van der Waals surface area contributed by atoms with Gasteiger partial charge in [-0.05, 0) is 12.0 Å². The van der Waals surface area contributed by atoms with Crippen LogP contribution in [0, 0.1) is 5.92 Å². The summed E-state index contributed by atoms with van der Waals surface area (Å²) in [5.74, 6) is -0.504. The Kier molecular flexibility index (Phi) is 4.39. The van der Waals surface area contributed by atoms with E-state index in [2.05, 4.69) is 5.32 Å². The lowest BCUT2D eigenvalue weighted by atomic mass is 10.1. The van der Waals surface area contributed by atoms with E-state index < -0.39 is 15.8 Å². The molecule has 1 N–H and O–H groups in total.